The normalized spacial score (nSPS) is 21.5. The van der Waals surface area contributed by atoms with Gasteiger partial charge in [0.1, 0.15) is 5.76 Å². The zero-order chi connectivity index (χ0) is 13.1. The standard InChI is InChI=1S/C16H17NOS/c19-16-14(12-17-9-5-2-6-10-17)11-15(18-16)13-7-3-1-4-8-13/h1,3-4,7-8,11-12H,2,5-6,9-10H2/b14-12+. The maximum Gasteiger partial charge on any atom is 0.199 e. The predicted octanol–water partition coefficient (Wildman–Crippen LogP) is 3.75. The number of nitrogens with zero attached hydrogens (tertiary/aromatic N) is 1. The smallest absolute Gasteiger partial charge is 0.199 e. The lowest BCUT2D eigenvalue weighted by Gasteiger charge is -2.25. The van der Waals surface area contributed by atoms with Crippen molar-refractivity contribution in [1.29, 1.82) is 0 Å². The summed E-state index contributed by atoms with van der Waals surface area (Å²) in [6, 6.07) is 10.1. The van der Waals surface area contributed by atoms with Crippen molar-refractivity contribution in [2.24, 2.45) is 0 Å². The third kappa shape index (κ3) is 2.87. The average molecular weight is 271 g/mol. The van der Waals surface area contributed by atoms with Crippen LogP contribution in [0.25, 0.3) is 5.76 Å². The molecule has 3 heteroatoms. The third-order valence-corrected chi connectivity index (χ3v) is 3.81. The summed E-state index contributed by atoms with van der Waals surface area (Å²) in [4.78, 5) is 2.35. The van der Waals surface area contributed by atoms with E-state index in [9.17, 15) is 0 Å². The van der Waals surface area contributed by atoms with Gasteiger partial charge in [0.15, 0.2) is 5.05 Å². The third-order valence-electron chi connectivity index (χ3n) is 3.50. The van der Waals surface area contributed by atoms with E-state index < -0.39 is 0 Å². The second kappa shape index (κ2) is 5.57. The molecule has 0 aliphatic carbocycles. The van der Waals surface area contributed by atoms with Gasteiger partial charge in [-0.1, -0.05) is 30.3 Å². The largest absolute Gasteiger partial charge is 0.445 e. The van der Waals surface area contributed by atoms with Gasteiger partial charge in [0.2, 0.25) is 0 Å². The number of benzene rings is 1. The van der Waals surface area contributed by atoms with Crippen molar-refractivity contribution < 1.29 is 4.74 Å². The maximum absolute atomic E-state index is 5.70. The van der Waals surface area contributed by atoms with Gasteiger partial charge in [-0.3, -0.25) is 0 Å². The van der Waals surface area contributed by atoms with Crippen LogP contribution in [-0.2, 0) is 4.74 Å². The highest BCUT2D eigenvalue weighted by Gasteiger charge is 2.19. The summed E-state index contributed by atoms with van der Waals surface area (Å²) >= 11 is 5.32. The first kappa shape index (κ1) is 12.4. The van der Waals surface area contributed by atoms with Gasteiger partial charge in [0.25, 0.3) is 0 Å². The monoisotopic (exact) mass is 271 g/mol. The lowest BCUT2D eigenvalue weighted by Crippen LogP contribution is -2.25. The Morgan fingerprint density at radius 3 is 2.53 bits per heavy atom. The molecule has 1 aromatic carbocycles. The number of hydrogen-bond donors (Lipinski definition) is 0. The minimum absolute atomic E-state index is 0.587. The number of hydrogen-bond acceptors (Lipinski definition) is 3. The van der Waals surface area contributed by atoms with Crippen LogP contribution in [0, 0.1) is 0 Å². The first-order valence-corrected chi connectivity index (χ1v) is 7.19. The molecule has 2 heterocycles. The average Bonchev–Trinajstić information content (AvgIpc) is 2.82. The Morgan fingerprint density at radius 1 is 1.05 bits per heavy atom. The second-order valence-corrected chi connectivity index (χ2v) is 5.32. The van der Waals surface area contributed by atoms with Crippen LogP contribution in [0.3, 0.4) is 0 Å². The molecule has 0 saturated carbocycles. The summed E-state index contributed by atoms with van der Waals surface area (Å²) in [7, 11) is 0. The molecule has 2 aliphatic rings. The summed E-state index contributed by atoms with van der Waals surface area (Å²) in [5.41, 5.74) is 2.10. The number of piperidine rings is 1. The van der Waals surface area contributed by atoms with Crippen LogP contribution in [0.4, 0.5) is 0 Å². The fourth-order valence-corrected chi connectivity index (χ4v) is 2.67. The van der Waals surface area contributed by atoms with Gasteiger partial charge in [-0.25, -0.2) is 0 Å². The van der Waals surface area contributed by atoms with E-state index in [2.05, 4.69) is 11.1 Å². The number of ether oxygens (including phenoxy) is 1. The molecule has 1 saturated heterocycles. The molecule has 0 atom stereocenters. The van der Waals surface area contributed by atoms with E-state index in [0.29, 0.717) is 5.05 Å². The summed E-state index contributed by atoms with van der Waals surface area (Å²) in [6.45, 7) is 2.25. The molecule has 0 radical (unpaired) electrons. The molecular weight excluding hydrogens is 254 g/mol. The summed E-state index contributed by atoms with van der Waals surface area (Å²) in [6.07, 6.45) is 8.08. The SMILES string of the molecule is S=C1OC(c2ccccc2)=C/C1=C\N1CCCCC1. The van der Waals surface area contributed by atoms with Crippen molar-refractivity contribution in [3.63, 3.8) is 0 Å². The highest BCUT2D eigenvalue weighted by atomic mass is 32.1. The fourth-order valence-electron chi connectivity index (χ4n) is 2.47. The van der Waals surface area contributed by atoms with Crippen molar-refractivity contribution in [2.45, 2.75) is 19.3 Å². The van der Waals surface area contributed by atoms with E-state index in [0.717, 1.165) is 30.0 Å². The second-order valence-electron chi connectivity index (χ2n) is 4.95. The van der Waals surface area contributed by atoms with Crippen LogP contribution in [0.2, 0.25) is 0 Å². The number of thiocarbonyl (C=S) groups is 1. The quantitative estimate of drug-likeness (QED) is 0.600. The van der Waals surface area contributed by atoms with Crippen molar-refractivity contribution in [2.75, 3.05) is 13.1 Å². The fraction of sp³-hybridized carbons (Fsp3) is 0.312. The number of rotatable bonds is 2. The molecule has 0 amide bonds. The minimum atomic E-state index is 0.587. The molecule has 2 aliphatic heterocycles. The van der Waals surface area contributed by atoms with Gasteiger partial charge >= 0.3 is 0 Å². The molecule has 98 valence electrons. The molecule has 0 unspecified atom stereocenters. The molecule has 0 aromatic heterocycles. The zero-order valence-corrected chi connectivity index (χ0v) is 11.7. The van der Waals surface area contributed by atoms with Crippen molar-refractivity contribution in [3.8, 4) is 0 Å². The lowest BCUT2D eigenvalue weighted by molar-refractivity contribution is 0.308. The van der Waals surface area contributed by atoms with Crippen LogP contribution >= 0.6 is 12.2 Å². The van der Waals surface area contributed by atoms with Crippen LogP contribution in [0.1, 0.15) is 24.8 Å². The van der Waals surface area contributed by atoms with E-state index >= 15 is 0 Å². The lowest BCUT2D eigenvalue weighted by atomic mass is 10.1. The van der Waals surface area contributed by atoms with E-state index in [-0.39, 0.29) is 0 Å². The Bertz CT molecular complexity index is 527. The summed E-state index contributed by atoms with van der Waals surface area (Å²) in [5, 5.41) is 0.587. The van der Waals surface area contributed by atoms with Crippen molar-refractivity contribution in [3.05, 3.63) is 53.7 Å². The van der Waals surface area contributed by atoms with Gasteiger partial charge in [-0.2, -0.15) is 0 Å². The van der Waals surface area contributed by atoms with Crippen molar-refractivity contribution >= 4 is 23.0 Å². The van der Waals surface area contributed by atoms with E-state index in [1.165, 1.54) is 19.3 Å². The molecule has 19 heavy (non-hydrogen) atoms. The molecular formula is C16H17NOS. The Kier molecular flexibility index (Phi) is 3.65. The van der Waals surface area contributed by atoms with Crippen LogP contribution < -0.4 is 0 Å². The molecule has 1 aromatic rings. The predicted molar refractivity (Wildman–Crippen MR) is 81.6 cm³/mol. The molecule has 0 spiro atoms. The zero-order valence-electron chi connectivity index (χ0n) is 10.8. The summed E-state index contributed by atoms with van der Waals surface area (Å²) in [5.74, 6) is 0.855. The van der Waals surface area contributed by atoms with Crippen LogP contribution in [-0.4, -0.2) is 23.0 Å². The molecule has 1 fully saturated rings. The van der Waals surface area contributed by atoms with Gasteiger partial charge in [-0.15, -0.1) is 0 Å². The van der Waals surface area contributed by atoms with Crippen molar-refractivity contribution in [1.82, 2.24) is 4.90 Å². The highest BCUT2D eigenvalue weighted by Crippen LogP contribution is 2.27. The molecule has 2 nitrogen and oxygen atoms in total. The molecule has 3 rings (SSSR count). The topological polar surface area (TPSA) is 12.5 Å². The Hall–Kier alpha value is -1.61. The van der Waals surface area contributed by atoms with E-state index in [1.807, 2.05) is 36.4 Å². The van der Waals surface area contributed by atoms with Crippen LogP contribution in [0.5, 0.6) is 0 Å². The van der Waals surface area contributed by atoms with Crippen LogP contribution in [0.15, 0.2) is 48.2 Å². The maximum atomic E-state index is 5.70. The molecule has 0 N–H and O–H groups in total. The summed E-state index contributed by atoms with van der Waals surface area (Å²) < 4.78 is 5.70. The molecule has 0 bridgehead atoms. The van der Waals surface area contributed by atoms with Gasteiger partial charge in [0, 0.05) is 30.4 Å². The van der Waals surface area contributed by atoms with Gasteiger partial charge in [0.05, 0.1) is 0 Å². The van der Waals surface area contributed by atoms with Gasteiger partial charge < -0.3 is 9.64 Å². The first-order valence-electron chi connectivity index (χ1n) is 6.78. The Balaban J connectivity index is 1.81. The Morgan fingerprint density at radius 2 is 1.79 bits per heavy atom. The number of likely N-dealkylation sites (tertiary alicyclic amines) is 1. The Labute approximate surface area is 119 Å². The van der Waals surface area contributed by atoms with E-state index in [4.69, 9.17) is 17.0 Å². The van der Waals surface area contributed by atoms with Gasteiger partial charge in [-0.05, 0) is 37.6 Å². The van der Waals surface area contributed by atoms with E-state index in [1.54, 1.807) is 0 Å². The minimum Gasteiger partial charge on any atom is -0.445 e. The first-order chi connectivity index (χ1) is 9.33. The highest BCUT2D eigenvalue weighted by molar-refractivity contribution is 7.80.